The van der Waals surface area contributed by atoms with Gasteiger partial charge in [0, 0.05) is 13.1 Å². The normalized spacial score (nSPS) is 20.4. The fourth-order valence-electron chi connectivity index (χ4n) is 2.37. The predicted molar refractivity (Wildman–Crippen MR) is 66.6 cm³/mol. The zero-order valence-corrected chi connectivity index (χ0v) is 10.5. The van der Waals surface area contributed by atoms with Crippen molar-refractivity contribution in [2.24, 2.45) is 5.92 Å². The minimum atomic E-state index is -0.338. The Balaban J connectivity index is 2.03. The lowest BCUT2D eigenvalue weighted by molar-refractivity contribution is 0.192. The minimum Gasteiger partial charge on any atom is -0.494 e. The molecule has 1 fully saturated rings. The molecule has 18 heavy (non-hydrogen) atoms. The molecule has 1 saturated heterocycles. The van der Waals surface area contributed by atoms with Gasteiger partial charge in [-0.2, -0.15) is 5.26 Å². The zero-order valence-electron chi connectivity index (χ0n) is 10.5. The van der Waals surface area contributed by atoms with E-state index >= 15 is 0 Å². The van der Waals surface area contributed by atoms with E-state index in [4.69, 9.17) is 10.00 Å². The highest BCUT2D eigenvalue weighted by molar-refractivity contribution is 5.30. The van der Waals surface area contributed by atoms with E-state index in [1.54, 1.807) is 12.1 Å². The van der Waals surface area contributed by atoms with E-state index in [9.17, 15) is 4.39 Å². The van der Waals surface area contributed by atoms with Crippen molar-refractivity contribution in [3.8, 4) is 11.8 Å². The number of piperidine rings is 1. The predicted octanol–water partition coefficient (Wildman–Crippen LogP) is 2.57. The Morgan fingerprint density at radius 1 is 1.56 bits per heavy atom. The first-order chi connectivity index (χ1) is 8.72. The molecule has 1 aliphatic rings. The molecule has 3 nitrogen and oxygen atoms in total. The Morgan fingerprint density at radius 2 is 2.39 bits per heavy atom. The Bertz CT molecular complexity index is 456. The van der Waals surface area contributed by atoms with E-state index in [1.807, 2.05) is 0 Å². The van der Waals surface area contributed by atoms with Gasteiger partial charge in [0.1, 0.15) is 0 Å². The maximum Gasteiger partial charge on any atom is 0.165 e. The van der Waals surface area contributed by atoms with Gasteiger partial charge >= 0.3 is 0 Å². The summed E-state index contributed by atoms with van der Waals surface area (Å²) in [6.07, 6.45) is 2.04. The number of halogens is 1. The number of nitriles is 1. The fourth-order valence-corrected chi connectivity index (χ4v) is 2.37. The number of hydrogen-bond acceptors (Lipinski definition) is 3. The summed E-state index contributed by atoms with van der Waals surface area (Å²) in [4.78, 5) is 2.24. The summed E-state index contributed by atoms with van der Waals surface area (Å²) in [6, 6.07) is 7.25. The summed E-state index contributed by atoms with van der Waals surface area (Å²) in [6.45, 7) is 2.54. The van der Waals surface area contributed by atoms with Gasteiger partial charge in [-0.3, -0.25) is 4.90 Å². The molecular weight excluding hydrogens is 231 g/mol. The van der Waals surface area contributed by atoms with E-state index in [-0.39, 0.29) is 17.5 Å². The Morgan fingerprint density at radius 3 is 3.11 bits per heavy atom. The highest BCUT2D eigenvalue weighted by Gasteiger charge is 2.19. The number of rotatable bonds is 3. The molecule has 96 valence electrons. The largest absolute Gasteiger partial charge is 0.494 e. The molecule has 0 N–H and O–H groups in total. The number of hydrogen-bond donors (Lipinski definition) is 0. The molecule has 0 aliphatic carbocycles. The number of benzene rings is 1. The van der Waals surface area contributed by atoms with Gasteiger partial charge in [0.15, 0.2) is 11.6 Å². The molecule has 1 aromatic carbocycles. The zero-order chi connectivity index (χ0) is 13.0. The van der Waals surface area contributed by atoms with Crippen molar-refractivity contribution in [3.63, 3.8) is 0 Å². The van der Waals surface area contributed by atoms with E-state index in [0.29, 0.717) is 0 Å². The quantitative estimate of drug-likeness (QED) is 0.824. The molecule has 0 aromatic heterocycles. The third-order valence-corrected chi connectivity index (χ3v) is 3.31. The third kappa shape index (κ3) is 2.99. The van der Waals surface area contributed by atoms with E-state index in [1.165, 1.54) is 13.2 Å². The average Bonchev–Trinajstić information content (AvgIpc) is 2.41. The summed E-state index contributed by atoms with van der Waals surface area (Å²) < 4.78 is 18.3. The van der Waals surface area contributed by atoms with Gasteiger partial charge in [-0.25, -0.2) is 4.39 Å². The molecule has 0 saturated carbocycles. The SMILES string of the molecule is COc1cc(CN2CCC[C@H](C#N)C2)ccc1F. The Labute approximate surface area is 107 Å². The number of ether oxygens (including phenoxy) is 1. The van der Waals surface area contributed by atoms with Gasteiger partial charge in [0.25, 0.3) is 0 Å². The van der Waals surface area contributed by atoms with E-state index < -0.39 is 0 Å². The van der Waals surface area contributed by atoms with Crippen molar-refractivity contribution in [3.05, 3.63) is 29.6 Å². The topological polar surface area (TPSA) is 36.3 Å². The summed E-state index contributed by atoms with van der Waals surface area (Å²) >= 11 is 0. The summed E-state index contributed by atoms with van der Waals surface area (Å²) in [5.41, 5.74) is 1.02. The molecule has 4 heteroatoms. The molecule has 1 aromatic rings. The third-order valence-electron chi connectivity index (χ3n) is 3.31. The van der Waals surface area contributed by atoms with Crippen LogP contribution in [0.3, 0.4) is 0 Å². The van der Waals surface area contributed by atoms with Gasteiger partial charge < -0.3 is 4.74 Å². The summed E-state index contributed by atoms with van der Waals surface area (Å²) in [5, 5.41) is 8.95. The van der Waals surface area contributed by atoms with Gasteiger partial charge in [-0.1, -0.05) is 6.07 Å². The van der Waals surface area contributed by atoms with Crippen molar-refractivity contribution >= 4 is 0 Å². The monoisotopic (exact) mass is 248 g/mol. The number of methoxy groups -OCH3 is 1. The van der Waals surface area contributed by atoms with Crippen LogP contribution in [0.5, 0.6) is 5.75 Å². The van der Waals surface area contributed by atoms with Crippen LogP contribution in [-0.4, -0.2) is 25.1 Å². The van der Waals surface area contributed by atoms with E-state index in [0.717, 1.165) is 38.0 Å². The maximum absolute atomic E-state index is 13.3. The van der Waals surface area contributed by atoms with Crippen molar-refractivity contribution in [2.75, 3.05) is 20.2 Å². The molecule has 0 amide bonds. The van der Waals surface area contributed by atoms with Crippen molar-refractivity contribution < 1.29 is 9.13 Å². The molecule has 1 atom stereocenters. The molecule has 1 heterocycles. The first kappa shape index (κ1) is 12.8. The highest BCUT2D eigenvalue weighted by atomic mass is 19.1. The first-order valence-corrected chi connectivity index (χ1v) is 6.17. The molecule has 0 radical (unpaired) electrons. The number of nitrogens with zero attached hydrogens (tertiary/aromatic N) is 2. The minimum absolute atomic E-state index is 0.126. The van der Waals surface area contributed by atoms with Crippen LogP contribution in [0.1, 0.15) is 18.4 Å². The first-order valence-electron chi connectivity index (χ1n) is 6.17. The number of likely N-dealkylation sites (tertiary alicyclic amines) is 1. The van der Waals surface area contributed by atoms with E-state index in [2.05, 4.69) is 11.0 Å². The Hall–Kier alpha value is -1.60. The molecule has 1 aliphatic heterocycles. The fraction of sp³-hybridized carbons (Fsp3) is 0.500. The molecule has 0 unspecified atom stereocenters. The summed E-state index contributed by atoms with van der Waals surface area (Å²) in [7, 11) is 1.47. The van der Waals surface area contributed by atoms with Crippen LogP contribution in [0, 0.1) is 23.1 Å². The van der Waals surface area contributed by atoms with Gasteiger partial charge in [0.05, 0.1) is 19.1 Å². The summed E-state index contributed by atoms with van der Waals surface area (Å²) in [5.74, 6) is 0.0669. The van der Waals surface area contributed by atoms with Crippen LogP contribution < -0.4 is 4.74 Å². The second-order valence-electron chi connectivity index (χ2n) is 4.67. The van der Waals surface area contributed by atoms with Gasteiger partial charge in [-0.05, 0) is 37.1 Å². The molecule has 2 rings (SSSR count). The van der Waals surface area contributed by atoms with Gasteiger partial charge in [0.2, 0.25) is 0 Å². The molecule has 0 spiro atoms. The van der Waals surface area contributed by atoms with Crippen LogP contribution in [-0.2, 0) is 6.54 Å². The lowest BCUT2D eigenvalue weighted by atomic mass is 9.99. The van der Waals surface area contributed by atoms with Crippen molar-refractivity contribution in [1.82, 2.24) is 4.90 Å². The lowest BCUT2D eigenvalue weighted by Crippen LogP contribution is -2.34. The standard InChI is InChI=1S/C14H17FN2O/c1-18-14-7-11(4-5-13(14)15)9-17-6-2-3-12(8-16)10-17/h4-5,7,12H,2-3,6,9-10H2,1H3/t12-/m1/s1. The lowest BCUT2D eigenvalue weighted by Gasteiger charge is -2.29. The maximum atomic E-state index is 13.3. The molecule has 0 bridgehead atoms. The average molecular weight is 248 g/mol. The van der Waals surface area contributed by atoms with Crippen LogP contribution in [0.2, 0.25) is 0 Å². The van der Waals surface area contributed by atoms with Crippen molar-refractivity contribution in [2.45, 2.75) is 19.4 Å². The van der Waals surface area contributed by atoms with Crippen LogP contribution >= 0.6 is 0 Å². The van der Waals surface area contributed by atoms with Crippen LogP contribution in [0.25, 0.3) is 0 Å². The smallest absolute Gasteiger partial charge is 0.165 e. The second kappa shape index (κ2) is 5.83. The van der Waals surface area contributed by atoms with Crippen LogP contribution in [0.4, 0.5) is 4.39 Å². The van der Waals surface area contributed by atoms with Crippen molar-refractivity contribution in [1.29, 1.82) is 5.26 Å². The molecular formula is C14H17FN2O. The Kier molecular flexibility index (Phi) is 4.16. The highest BCUT2D eigenvalue weighted by Crippen LogP contribution is 2.22. The van der Waals surface area contributed by atoms with Gasteiger partial charge in [-0.15, -0.1) is 0 Å². The van der Waals surface area contributed by atoms with Crippen LogP contribution in [0.15, 0.2) is 18.2 Å². The second-order valence-corrected chi connectivity index (χ2v) is 4.67.